The van der Waals surface area contributed by atoms with E-state index in [1.807, 2.05) is 6.07 Å². The van der Waals surface area contributed by atoms with Crippen LogP contribution in [-0.2, 0) is 33.5 Å². The van der Waals surface area contributed by atoms with E-state index in [9.17, 15) is 27.6 Å². The Hall–Kier alpha value is -3.01. The molecule has 4 rings (SSSR count). The largest absolute Gasteiger partial charge is 0.461 e. The van der Waals surface area contributed by atoms with Crippen molar-refractivity contribution in [3.05, 3.63) is 58.7 Å². The van der Waals surface area contributed by atoms with Crippen LogP contribution in [0.1, 0.15) is 41.5 Å². The molecule has 32 heavy (non-hydrogen) atoms. The van der Waals surface area contributed by atoms with Crippen molar-refractivity contribution < 1.29 is 37.0 Å². The molecular weight excluding hydrogens is 447 g/mol. The van der Waals surface area contributed by atoms with E-state index >= 15 is 0 Å². The molecule has 2 aromatic carbocycles. The molecule has 0 radical (unpaired) electrons. The first-order valence-corrected chi connectivity index (χ1v) is 10.7. The molecule has 2 aromatic rings. The molecular formula is C22H18F3NO5S. The number of hydrogen-bond acceptors (Lipinski definition) is 6. The van der Waals surface area contributed by atoms with Crippen LogP contribution in [-0.4, -0.2) is 22.4 Å². The molecule has 1 aliphatic carbocycles. The zero-order chi connectivity index (χ0) is 23.0. The highest BCUT2D eigenvalue weighted by Gasteiger charge is 2.41. The van der Waals surface area contributed by atoms with Gasteiger partial charge in [0.05, 0.1) is 5.56 Å². The number of alkyl halides is 3. The Morgan fingerprint density at radius 1 is 1.19 bits per heavy atom. The third-order valence-corrected chi connectivity index (χ3v) is 6.48. The Labute approximate surface area is 185 Å². The van der Waals surface area contributed by atoms with Crippen LogP contribution in [0.25, 0.3) is 0 Å². The highest BCUT2D eigenvalue weighted by atomic mass is 32.2. The molecule has 0 aromatic heterocycles. The Bertz CT molecular complexity index is 1100. The molecule has 6 nitrogen and oxygen atoms in total. The van der Waals surface area contributed by atoms with Gasteiger partial charge < -0.3 is 9.47 Å². The van der Waals surface area contributed by atoms with Gasteiger partial charge in [0.1, 0.15) is 23.4 Å². The minimum Gasteiger partial charge on any atom is -0.461 e. The lowest BCUT2D eigenvalue weighted by atomic mass is 9.97. The summed E-state index contributed by atoms with van der Waals surface area (Å²) in [6.45, 7) is 0.811. The van der Waals surface area contributed by atoms with Crippen LogP contribution in [0, 0.1) is 0 Å². The predicted molar refractivity (Wildman–Crippen MR) is 109 cm³/mol. The quantitative estimate of drug-likeness (QED) is 0.630. The van der Waals surface area contributed by atoms with Crippen molar-refractivity contribution in [3.8, 4) is 11.5 Å². The van der Waals surface area contributed by atoms with Gasteiger partial charge >= 0.3 is 12.1 Å². The Morgan fingerprint density at radius 2 is 1.97 bits per heavy atom. The average Bonchev–Trinajstić information content (AvgIpc) is 3.27. The molecule has 1 unspecified atom stereocenters. The average molecular weight is 465 g/mol. The number of amides is 2. The number of hydrogen-bond donors (Lipinski definition) is 1. The van der Waals surface area contributed by atoms with E-state index in [4.69, 9.17) is 9.47 Å². The van der Waals surface area contributed by atoms with Gasteiger partial charge in [-0.3, -0.25) is 19.7 Å². The number of carbonyl (C=O) groups is 3. The van der Waals surface area contributed by atoms with Gasteiger partial charge in [-0.05, 0) is 54.3 Å². The second kappa shape index (κ2) is 8.50. The van der Waals surface area contributed by atoms with E-state index in [0.29, 0.717) is 18.6 Å². The van der Waals surface area contributed by atoms with Gasteiger partial charge in [0, 0.05) is 18.4 Å². The standard InChI is InChI=1S/C22H18F3NO5S/c1-11(27)30-10-13-8-14(22(23,24)25)3-7-18(13)31-15-4-6-16-12(9-15)2-5-17(16)19-20(28)26-21(29)32-19/h3-4,6-9,17,19H,2,5,10H2,1H3,(H,26,28,29)/t17-,19?/m1/s1. The van der Waals surface area contributed by atoms with Gasteiger partial charge in [-0.15, -0.1) is 0 Å². The fourth-order valence-corrected chi connectivity index (χ4v) is 4.92. The van der Waals surface area contributed by atoms with Crippen molar-refractivity contribution in [3.63, 3.8) is 0 Å². The number of carbonyl (C=O) groups excluding carboxylic acids is 3. The van der Waals surface area contributed by atoms with Crippen LogP contribution >= 0.6 is 11.8 Å². The van der Waals surface area contributed by atoms with Gasteiger partial charge in [0.15, 0.2) is 0 Å². The van der Waals surface area contributed by atoms with E-state index in [0.717, 1.165) is 35.0 Å². The zero-order valence-electron chi connectivity index (χ0n) is 16.8. The van der Waals surface area contributed by atoms with Gasteiger partial charge in [-0.2, -0.15) is 13.2 Å². The van der Waals surface area contributed by atoms with Gasteiger partial charge in [-0.25, -0.2) is 0 Å². The lowest BCUT2D eigenvalue weighted by molar-refractivity contribution is -0.142. The summed E-state index contributed by atoms with van der Waals surface area (Å²) in [4.78, 5) is 34.7. The molecule has 1 N–H and O–H groups in total. The highest BCUT2D eigenvalue weighted by Crippen LogP contribution is 2.44. The number of benzene rings is 2. The van der Waals surface area contributed by atoms with E-state index in [1.165, 1.54) is 13.0 Å². The molecule has 1 aliphatic heterocycles. The maximum atomic E-state index is 13.1. The highest BCUT2D eigenvalue weighted by molar-refractivity contribution is 8.15. The Balaban J connectivity index is 1.58. The van der Waals surface area contributed by atoms with Crippen LogP contribution in [0.3, 0.4) is 0 Å². The molecule has 0 bridgehead atoms. The van der Waals surface area contributed by atoms with Gasteiger partial charge in [-0.1, -0.05) is 17.8 Å². The van der Waals surface area contributed by atoms with E-state index in [2.05, 4.69) is 5.32 Å². The number of aryl methyl sites for hydroxylation is 1. The number of ether oxygens (including phenoxy) is 2. The predicted octanol–water partition coefficient (Wildman–Crippen LogP) is 4.94. The maximum Gasteiger partial charge on any atom is 0.416 e. The van der Waals surface area contributed by atoms with Crippen LogP contribution < -0.4 is 10.1 Å². The monoisotopic (exact) mass is 465 g/mol. The zero-order valence-corrected chi connectivity index (χ0v) is 17.6. The van der Waals surface area contributed by atoms with Crippen molar-refractivity contribution >= 4 is 28.9 Å². The van der Waals surface area contributed by atoms with Crippen molar-refractivity contribution in [2.75, 3.05) is 0 Å². The summed E-state index contributed by atoms with van der Waals surface area (Å²) in [6, 6.07) is 8.26. The summed E-state index contributed by atoms with van der Waals surface area (Å²) in [6.07, 6.45) is -3.16. The lowest BCUT2D eigenvalue weighted by Crippen LogP contribution is -2.27. The minimum atomic E-state index is -4.54. The van der Waals surface area contributed by atoms with E-state index in [-0.39, 0.29) is 35.0 Å². The molecule has 10 heteroatoms. The maximum absolute atomic E-state index is 13.1. The molecule has 1 fully saturated rings. The number of fused-ring (bicyclic) bond motifs is 1. The summed E-state index contributed by atoms with van der Waals surface area (Å²) in [7, 11) is 0. The number of esters is 1. The first kappa shape index (κ1) is 22.2. The number of rotatable bonds is 5. The molecule has 2 atom stereocenters. The minimum absolute atomic E-state index is 0.0888. The Morgan fingerprint density at radius 3 is 2.62 bits per heavy atom. The summed E-state index contributed by atoms with van der Waals surface area (Å²) >= 11 is 0.990. The number of halogens is 3. The number of imide groups is 1. The smallest absolute Gasteiger partial charge is 0.416 e. The van der Waals surface area contributed by atoms with Crippen molar-refractivity contribution in [1.29, 1.82) is 0 Å². The fraction of sp³-hybridized carbons (Fsp3) is 0.318. The fourth-order valence-electron chi connectivity index (χ4n) is 3.91. The van der Waals surface area contributed by atoms with E-state index in [1.54, 1.807) is 12.1 Å². The summed E-state index contributed by atoms with van der Waals surface area (Å²) in [5, 5.41) is 1.48. The normalized spacial score (nSPS) is 20.1. The lowest BCUT2D eigenvalue weighted by Gasteiger charge is -2.17. The Kier molecular flexibility index (Phi) is 5.89. The molecule has 1 saturated heterocycles. The topological polar surface area (TPSA) is 81.7 Å². The van der Waals surface area contributed by atoms with Crippen molar-refractivity contribution in [2.45, 2.75) is 43.7 Å². The molecule has 0 saturated carbocycles. The van der Waals surface area contributed by atoms with Gasteiger partial charge in [0.2, 0.25) is 5.91 Å². The second-order valence-electron chi connectivity index (χ2n) is 7.52. The van der Waals surface area contributed by atoms with E-state index < -0.39 is 23.0 Å². The molecule has 168 valence electrons. The summed E-state index contributed by atoms with van der Waals surface area (Å²) in [5.74, 6) is -0.457. The van der Waals surface area contributed by atoms with Crippen molar-refractivity contribution in [1.82, 2.24) is 5.32 Å². The first-order valence-electron chi connectivity index (χ1n) is 9.77. The van der Waals surface area contributed by atoms with Crippen LogP contribution in [0.5, 0.6) is 11.5 Å². The first-order chi connectivity index (χ1) is 15.1. The number of nitrogens with one attached hydrogen (secondary N) is 1. The molecule has 2 amide bonds. The second-order valence-corrected chi connectivity index (χ2v) is 8.64. The third kappa shape index (κ3) is 4.59. The van der Waals surface area contributed by atoms with Crippen LogP contribution in [0.4, 0.5) is 18.0 Å². The summed E-state index contributed by atoms with van der Waals surface area (Å²) in [5.41, 5.74) is 1.12. The molecule has 2 aliphatic rings. The number of thioether (sulfide) groups is 1. The van der Waals surface area contributed by atoms with Gasteiger partial charge in [0.25, 0.3) is 5.24 Å². The van der Waals surface area contributed by atoms with Crippen LogP contribution in [0.2, 0.25) is 0 Å². The SMILES string of the molecule is CC(=O)OCc1cc(C(F)(F)F)ccc1Oc1ccc2c(c1)CC[C@H]2C1SC(=O)NC1=O. The molecule has 1 heterocycles. The van der Waals surface area contributed by atoms with Crippen molar-refractivity contribution in [2.24, 2.45) is 0 Å². The summed E-state index contributed by atoms with van der Waals surface area (Å²) < 4.78 is 50.0. The third-order valence-electron chi connectivity index (χ3n) is 5.37. The molecule has 0 spiro atoms. The van der Waals surface area contributed by atoms with Crippen LogP contribution in [0.15, 0.2) is 36.4 Å².